The number of fused-ring (bicyclic) bond motifs is 1. The first-order valence-corrected chi connectivity index (χ1v) is 10.0. The second-order valence-corrected chi connectivity index (χ2v) is 7.15. The molecule has 0 aliphatic rings. The number of likely N-dealkylation sites (N-methyl/N-ethyl adjacent to an activating group) is 1. The number of aromatic nitrogens is 2. The molecular formula is C20H22ClF3N6O. The zero-order chi connectivity index (χ0) is 22.7. The molecule has 0 unspecified atom stereocenters. The molecule has 0 radical (unpaired) electrons. The van der Waals surface area contributed by atoms with E-state index in [2.05, 4.69) is 20.2 Å². The van der Waals surface area contributed by atoms with Gasteiger partial charge in [-0.05, 0) is 37.4 Å². The number of nitrogens with one attached hydrogen (secondary N) is 3. The van der Waals surface area contributed by atoms with Crippen LogP contribution in [-0.2, 0) is 0 Å². The van der Waals surface area contributed by atoms with E-state index in [9.17, 15) is 18.4 Å². The van der Waals surface area contributed by atoms with Crippen molar-refractivity contribution in [3.8, 4) is 0 Å². The molecule has 0 fully saturated rings. The molecule has 0 saturated carbocycles. The number of H-pyrrole nitrogens is 1. The standard InChI is InChI=1S/C20H22ClF3N6O/c1-3-29(4-2)8-7-26-20-27-17-12(10-15(23)16(24)18(17)28-20)19(25)30(31)11-5-6-14(22)13(21)9-11/h5-6,9-10,25,31H,3-4,7-8H2,1-2H3,(H2,26,27,28). The molecule has 0 aliphatic carbocycles. The van der Waals surface area contributed by atoms with Gasteiger partial charge >= 0.3 is 0 Å². The molecule has 4 N–H and O–H groups in total. The van der Waals surface area contributed by atoms with Gasteiger partial charge in [0, 0.05) is 18.7 Å². The second kappa shape index (κ2) is 9.54. The predicted molar refractivity (Wildman–Crippen MR) is 115 cm³/mol. The van der Waals surface area contributed by atoms with E-state index in [1.807, 2.05) is 13.8 Å². The molecule has 0 bridgehead atoms. The first-order chi connectivity index (χ1) is 14.8. The van der Waals surface area contributed by atoms with Crippen molar-refractivity contribution in [3.05, 3.63) is 52.3 Å². The molecule has 3 aromatic rings. The molecular weight excluding hydrogens is 433 g/mol. The third-order valence-corrected chi connectivity index (χ3v) is 5.18. The van der Waals surface area contributed by atoms with Crippen molar-refractivity contribution in [2.24, 2.45) is 0 Å². The summed E-state index contributed by atoms with van der Waals surface area (Å²) in [5.74, 6) is -3.47. The molecule has 0 spiro atoms. The first kappa shape index (κ1) is 22.9. The van der Waals surface area contributed by atoms with E-state index in [4.69, 9.17) is 17.0 Å². The summed E-state index contributed by atoms with van der Waals surface area (Å²) >= 11 is 5.72. The average Bonchev–Trinajstić information content (AvgIpc) is 3.19. The maximum Gasteiger partial charge on any atom is 0.201 e. The summed E-state index contributed by atoms with van der Waals surface area (Å²) < 4.78 is 41.9. The van der Waals surface area contributed by atoms with Crippen LogP contribution in [0.3, 0.4) is 0 Å². The smallest absolute Gasteiger partial charge is 0.201 e. The van der Waals surface area contributed by atoms with Crippen molar-refractivity contribution in [2.75, 3.05) is 36.6 Å². The highest BCUT2D eigenvalue weighted by atomic mass is 35.5. The summed E-state index contributed by atoms with van der Waals surface area (Å²) in [5.41, 5.74) is -0.440. The summed E-state index contributed by atoms with van der Waals surface area (Å²) in [6.07, 6.45) is 0. The fourth-order valence-electron chi connectivity index (χ4n) is 3.11. The number of hydrogen-bond acceptors (Lipinski definition) is 5. The first-order valence-electron chi connectivity index (χ1n) is 9.63. The molecule has 1 heterocycles. The Labute approximate surface area is 181 Å². The van der Waals surface area contributed by atoms with Crippen molar-refractivity contribution in [3.63, 3.8) is 0 Å². The molecule has 11 heteroatoms. The monoisotopic (exact) mass is 454 g/mol. The normalized spacial score (nSPS) is 11.4. The van der Waals surface area contributed by atoms with E-state index in [-0.39, 0.29) is 33.3 Å². The Hall–Kier alpha value is -2.82. The summed E-state index contributed by atoms with van der Waals surface area (Å²) in [7, 11) is 0. The Morgan fingerprint density at radius 3 is 2.55 bits per heavy atom. The number of aromatic amines is 1. The number of anilines is 2. The van der Waals surface area contributed by atoms with Crippen LogP contribution in [0.1, 0.15) is 19.4 Å². The lowest BCUT2D eigenvalue weighted by atomic mass is 10.1. The summed E-state index contributed by atoms with van der Waals surface area (Å²) in [5, 5.41) is 21.8. The molecule has 0 saturated heterocycles. The summed E-state index contributed by atoms with van der Waals surface area (Å²) in [4.78, 5) is 9.07. The van der Waals surface area contributed by atoms with Crippen molar-refractivity contribution < 1.29 is 18.4 Å². The zero-order valence-corrected chi connectivity index (χ0v) is 17.7. The van der Waals surface area contributed by atoms with Gasteiger partial charge in [0.1, 0.15) is 11.3 Å². The summed E-state index contributed by atoms with van der Waals surface area (Å²) in [6.45, 7) is 7.06. The Balaban J connectivity index is 1.92. The number of benzene rings is 2. The lowest BCUT2D eigenvalue weighted by Crippen LogP contribution is -2.28. The number of amidine groups is 1. The Kier molecular flexibility index (Phi) is 7.04. The minimum absolute atomic E-state index is 0.0219. The highest BCUT2D eigenvalue weighted by Gasteiger charge is 2.23. The molecule has 3 rings (SSSR count). The van der Waals surface area contributed by atoms with Gasteiger partial charge in [-0.25, -0.2) is 23.2 Å². The maximum atomic E-state index is 14.3. The lowest BCUT2D eigenvalue weighted by Gasteiger charge is -2.18. The van der Waals surface area contributed by atoms with Crippen LogP contribution in [0.5, 0.6) is 0 Å². The van der Waals surface area contributed by atoms with Crippen molar-refractivity contribution in [2.45, 2.75) is 13.8 Å². The van der Waals surface area contributed by atoms with Crippen LogP contribution < -0.4 is 10.4 Å². The molecule has 31 heavy (non-hydrogen) atoms. The lowest BCUT2D eigenvalue weighted by molar-refractivity contribution is 0.312. The van der Waals surface area contributed by atoms with Crippen LogP contribution in [0.4, 0.5) is 24.8 Å². The van der Waals surface area contributed by atoms with Crippen LogP contribution in [0, 0.1) is 22.9 Å². The Morgan fingerprint density at radius 1 is 1.19 bits per heavy atom. The third kappa shape index (κ3) is 4.76. The van der Waals surface area contributed by atoms with Gasteiger partial charge in [-0.15, -0.1) is 0 Å². The van der Waals surface area contributed by atoms with Gasteiger partial charge in [-0.2, -0.15) is 0 Å². The van der Waals surface area contributed by atoms with Crippen LogP contribution in [0.2, 0.25) is 5.02 Å². The van der Waals surface area contributed by atoms with Crippen molar-refractivity contribution in [1.82, 2.24) is 14.9 Å². The van der Waals surface area contributed by atoms with E-state index in [1.54, 1.807) is 0 Å². The van der Waals surface area contributed by atoms with E-state index >= 15 is 0 Å². The topological polar surface area (TPSA) is 91.3 Å². The molecule has 2 aromatic carbocycles. The minimum Gasteiger partial charge on any atom is -0.355 e. The van der Waals surface area contributed by atoms with E-state index in [1.165, 1.54) is 6.07 Å². The van der Waals surface area contributed by atoms with Gasteiger partial charge in [0.15, 0.2) is 17.5 Å². The van der Waals surface area contributed by atoms with E-state index in [0.29, 0.717) is 11.6 Å². The molecule has 1 aromatic heterocycles. The van der Waals surface area contributed by atoms with Crippen molar-refractivity contribution >= 4 is 40.1 Å². The Morgan fingerprint density at radius 2 is 1.90 bits per heavy atom. The highest BCUT2D eigenvalue weighted by molar-refractivity contribution is 6.31. The molecule has 0 amide bonds. The minimum atomic E-state index is -1.22. The van der Waals surface area contributed by atoms with Gasteiger partial charge in [-0.3, -0.25) is 10.6 Å². The molecule has 0 aliphatic heterocycles. The fraction of sp³-hybridized carbons (Fsp3) is 0.300. The predicted octanol–water partition coefficient (Wildman–Crippen LogP) is 4.61. The van der Waals surface area contributed by atoms with Gasteiger partial charge < -0.3 is 15.2 Å². The number of halogens is 4. The van der Waals surface area contributed by atoms with Crippen LogP contribution >= 0.6 is 11.6 Å². The number of hydrogen-bond donors (Lipinski definition) is 4. The van der Waals surface area contributed by atoms with Crippen LogP contribution in [-0.4, -0.2) is 52.1 Å². The SMILES string of the molecule is CCN(CC)CCNc1nc2c(F)c(F)cc(C(=N)N(O)c3ccc(F)c(Cl)c3)c2[nH]1. The van der Waals surface area contributed by atoms with Crippen molar-refractivity contribution in [1.29, 1.82) is 5.41 Å². The fourth-order valence-corrected chi connectivity index (χ4v) is 3.28. The van der Waals surface area contributed by atoms with Gasteiger partial charge in [0.2, 0.25) is 5.95 Å². The van der Waals surface area contributed by atoms with Gasteiger partial charge in [0.05, 0.1) is 16.2 Å². The zero-order valence-electron chi connectivity index (χ0n) is 16.9. The number of imidazole rings is 1. The molecule has 0 atom stereocenters. The second-order valence-electron chi connectivity index (χ2n) is 6.74. The Bertz CT molecular complexity index is 1100. The van der Waals surface area contributed by atoms with Crippen LogP contribution in [0.25, 0.3) is 11.0 Å². The summed E-state index contributed by atoms with van der Waals surface area (Å²) in [6, 6.07) is 4.10. The number of nitrogens with zero attached hydrogens (tertiary/aromatic N) is 3. The van der Waals surface area contributed by atoms with Crippen LogP contribution in [0.15, 0.2) is 24.3 Å². The maximum absolute atomic E-state index is 14.3. The highest BCUT2D eigenvalue weighted by Crippen LogP contribution is 2.28. The van der Waals surface area contributed by atoms with Gasteiger partial charge in [0.25, 0.3) is 0 Å². The molecule has 7 nitrogen and oxygen atoms in total. The van der Waals surface area contributed by atoms with Gasteiger partial charge in [-0.1, -0.05) is 25.4 Å². The molecule has 166 valence electrons. The average molecular weight is 455 g/mol. The quantitative estimate of drug-likeness (QED) is 0.227. The largest absolute Gasteiger partial charge is 0.355 e. The number of rotatable bonds is 8. The van der Waals surface area contributed by atoms with E-state index < -0.39 is 23.3 Å². The number of hydroxylamine groups is 1. The van der Waals surface area contributed by atoms with E-state index in [0.717, 1.165) is 37.8 Å². The third-order valence-electron chi connectivity index (χ3n) is 4.89.